The summed E-state index contributed by atoms with van der Waals surface area (Å²) in [6.07, 6.45) is 0. The molecule has 0 radical (unpaired) electrons. The van der Waals surface area contributed by atoms with Crippen molar-refractivity contribution < 1.29 is 9.52 Å². The van der Waals surface area contributed by atoms with Crippen LogP contribution >= 0.6 is 0 Å². The number of hydrogen-bond acceptors (Lipinski definition) is 5. The zero-order valence-corrected chi connectivity index (χ0v) is 11.9. The first-order valence-corrected chi connectivity index (χ1v) is 6.97. The molecule has 2 aromatic carbocycles. The van der Waals surface area contributed by atoms with Gasteiger partial charge in [-0.25, -0.2) is 0 Å². The summed E-state index contributed by atoms with van der Waals surface area (Å²) in [6.45, 7) is 0. The van der Waals surface area contributed by atoms with Gasteiger partial charge in [0.05, 0.1) is 5.56 Å². The van der Waals surface area contributed by atoms with E-state index < -0.39 is 0 Å². The molecule has 0 amide bonds. The number of H-pyrrole nitrogens is 1. The first kappa shape index (κ1) is 13.3. The van der Waals surface area contributed by atoms with Crippen LogP contribution in [-0.4, -0.2) is 20.3 Å². The number of phenols is 1. The van der Waals surface area contributed by atoms with Gasteiger partial charge in [-0.15, -0.1) is 10.2 Å². The van der Waals surface area contributed by atoms with E-state index in [1.54, 1.807) is 24.3 Å². The Morgan fingerprint density at radius 2 is 1.61 bits per heavy atom. The Labute approximate surface area is 130 Å². The fourth-order valence-corrected chi connectivity index (χ4v) is 2.40. The molecule has 112 valence electrons. The number of nitrogens with zero attached hydrogens (tertiary/aromatic N) is 2. The average Bonchev–Trinajstić information content (AvgIpc) is 3.04. The van der Waals surface area contributed by atoms with Crippen molar-refractivity contribution in [3.63, 3.8) is 0 Å². The van der Waals surface area contributed by atoms with E-state index in [-0.39, 0.29) is 28.7 Å². The van der Waals surface area contributed by atoms with Gasteiger partial charge in [-0.2, -0.15) is 0 Å². The summed E-state index contributed by atoms with van der Waals surface area (Å²) < 4.78 is 5.56. The van der Waals surface area contributed by atoms with Gasteiger partial charge in [-0.3, -0.25) is 4.79 Å². The molecular weight excluding hydrogens is 294 g/mol. The Hall–Kier alpha value is -3.41. The average molecular weight is 305 g/mol. The summed E-state index contributed by atoms with van der Waals surface area (Å²) in [7, 11) is 0. The highest BCUT2D eigenvalue weighted by Gasteiger charge is 2.16. The Bertz CT molecular complexity index is 1070. The van der Waals surface area contributed by atoms with E-state index in [0.717, 1.165) is 10.9 Å². The van der Waals surface area contributed by atoms with Gasteiger partial charge in [-0.05, 0) is 29.7 Å². The third-order valence-corrected chi connectivity index (χ3v) is 3.54. The van der Waals surface area contributed by atoms with Crippen LogP contribution in [0.5, 0.6) is 5.75 Å². The van der Waals surface area contributed by atoms with Crippen molar-refractivity contribution in [2.75, 3.05) is 0 Å². The normalized spacial score (nSPS) is 11.0. The number of aromatic nitrogens is 3. The number of aromatic hydroxyl groups is 1. The molecule has 23 heavy (non-hydrogen) atoms. The van der Waals surface area contributed by atoms with Crippen molar-refractivity contribution in [2.45, 2.75) is 0 Å². The third kappa shape index (κ3) is 2.26. The van der Waals surface area contributed by atoms with E-state index in [2.05, 4.69) is 15.2 Å². The highest BCUT2D eigenvalue weighted by Crippen LogP contribution is 2.29. The Morgan fingerprint density at radius 1 is 0.913 bits per heavy atom. The van der Waals surface area contributed by atoms with Crippen LogP contribution in [0.2, 0.25) is 0 Å². The number of nitrogens with one attached hydrogen (secondary N) is 1. The molecule has 4 aromatic rings. The lowest BCUT2D eigenvalue weighted by atomic mass is 10.1. The van der Waals surface area contributed by atoms with E-state index >= 15 is 0 Å². The molecule has 2 heterocycles. The minimum atomic E-state index is -0.309. The lowest BCUT2D eigenvalue weighted by Crippen LogP contribution is -2.08. The first-order chi connectivity index (χ1) is 11.2. The van der Waals surface area contributed by atoms with Crippen LogP contribution in [-0.2, 0) is 0 Å². The van der Waals surface area contributed by atoms with Gasteiger partial charge >= 0.3 is 0 Å². The molecule has 2 aromatic heterocycles. The first-order valence-electron chi connectivity index (χ1n) is 6.97. The van der Waals surface area contributed by atoms with Gasteiger partial charge in [0.15, 0.2) is 0 Å². The fourth-order valence-electron chi connectivity index (χ4n) is 2.40. The quantitative estimate of drug-likeness (QED) is 0.594. The molecule has 0 atom stereocenters. The van der Waals surface area contributed by atoms with Crippen LogP contribution in [0.3, 0.4) is 0 Å². The number of phenolic OH excluding ortho intramolecular Hbond substituents is 1. The van der Waals surface area contributed by atoms with Crippen molar-refractivity contribution in [3.05, 3.63) is 65.0 Å². The highest BCUT2D eigenvalue weighted by molar-refractivity contribution is 5.82. The molecule has 0 aliphatic rings. The molecule has 0 saturated heterocycles. The number of aromatic amines is 1. The Kier molecular flexibility index (Phi) is 2.94. The second-order valence-electron chi connectivity index (χ2n) is 5.03. The van der Waals surface area contributed by atoms with E-state index in [1.165, 1.54) is 6.07 Å². The molecule has 2 N–H and O–H groups in total. The summed E-state index contributed by atoms with van der Waals surface area (Å²) in [4.78, 5) is 15.0. The van der Waals surface area contributed by atoms with Crippen LogP contribution in [0.15, 0.2) is 63.8 Å². The lowest BCUT2D eigenvalue weighted by molar-refractivity contribution is 0.473. The monoisotopic (exact) mass is 305 g/mol. The number of rotatable bonds is 2. The molecule has 6 heteroatoms. The predicted octanol–water partition coefficient (Wildman–Crippen LogP) is 2.95. The second-order valence-corrected chi connectivity index (χ2v) is 5.03. The molecule has 4 rings (SSSR count). The molecule has 0 aliphatic heterocycles. The van der Waals surface area contributed by atoms with Crippen molar-refractivity contribution in [3.8, 4) is 28.7 Å². The molecule has 0 aliphatic carbocycles. The van der Waals surface area contributed by atoms with Gasteiger partial charge in [0.25, 0.3) is 17.3 Å². The number of benzene rings is 2. The largest absolute Gasteiger partial charge is 0.507 e. The van der Waals surface area contributed by atoms with Gasteiger partial charge in [-0.1, -0.05) is 30.3 Å². The Balaban J connectivity index is 1.85. The van der Waals surface area contributed by atoms with Crippen LogP contribution < -0.4 is 5.56 Å². The summed E-state index contributed by atoms with van der Waals surface area (Å²) in [6, 6.07) is 15.8. The summed E-state index contributed by atoms with van der Waals surface area (Å²) in [5.41, 5.74) is 1.14. The van der Waals surface area contributed by atoms with Gasteiger partial charge in [0.2, 0.25) is 0 Å². The summed E-state index contributed by atoms with van der Waals surface area (Å²) in [5, 5.41) is 18.5. The number of pyridine rings is 1. The van der Waals surface area contributed by atoms with Crippen LogP contribution in [0.25, 0.3) is 33.8 Å². The molecular formula is C17H11N3O3. The van der Waals surface area contributed by atoms with E-state index in [0.29, 0.717) is 5.56 Å². The lowest BCUT2D eigenvalue weighted by Gasteiger charge is -2.00. The number of hydrogen-bond donors (Lipinski definition) is 2. The maximum absolute atomic E-state index is 12.2. The molecule has 0 unspecified atom stereocenters. The molecule has 0 bridgehead atoms. The maximum Gasteiger partial charge on any atom is 0.261 e. The van der Waals surface area contributed by atoms with Crippen molar-refractivity contribution in [1.29, 1.82) is 0 Å². The van der Waals surface area contributed by atoms with Crippen molar-refractivity contribution >= 4 is 10.9 Å². The zero-order chi connectivity index (χ0) is 15.8. The molecule has 0 fully saturated rings. The second kappa shape index (κ2) is 5.10. The molecule has 0 spiro atoms. The minimum absolute atomic E-state index is 0.0371. The summed E-state index contributed by atoms with van der Waals surface area (Å²) >= 11 is 0. The SMILES string of the molecule is O=c1[nH]c2ccccc2cc1-c1nnc(-c2ccccc2O)o1. The topological polar surface area (TPSA) is 92.0 Å². The smallest absolute Gasteiger partial charge is 0.261 e. The van der Waals surface area contributed by atoms with Crippen LogP contribution in [0.1, 0.15) is 0 Å². The van der Waals surface area contributed by atoms with E-state index in [4.69, 9.17) is 4.42 Å². The minimum Gasteiger partial charge on any atom is -0.507 e. The highest BCUT2D eigenvalue weighted by atomic mass is 16.4. The number of fused-ring (bicyclic) bond motifs is 1. The molecule has 6 nitrogen and oxygen atoms in total. The molecule has 0 saturated carbocycles. The van der Waals surface area contributed by atoms with Crippen LogP contribution in [0, 0.1) is 0 Å². The predicted molar refractivity (Wildman–Crippen MR) is 85.0 cm³/mol. The standard InChI is InChI=1S/C17H11N3O3/c21-14-8-4-2-6-11(14)16-19-20-17(23-16)12-9-10-5-1-3-7-13(10)18-15(12)22/h1-9,21H,(H,18,22). The Morgan fingerprint density at radius 3 is 2.43 bits per heavy atom. The zero-order valence-electron chi connectivity index (χ0n) is 11.9. The maximum atomic E-state index is 12.2. The fraction of sp³-hybridized carbons (Fsp3) is 0. The van der Waals surface area contributed by atoms with E-state index in [1.807, 2.05) is 24.3 Å². The van der Waals surface area contributed by atoms with Gasteiger partial charge in [0.1, 0.15) is 11.3 Å². The van der Waals surface area contributed by atoms with Crippen LogP contribution in [0.4, 0.5) is 0 Å². The van der Waals surface area contributed by atoms with Gasteiger partial charge < -0.3 is 14.5 Å². The van der Waals surface area contributed by atoms with Gasteiger partial charge in [0, 0.05) is 5.52 Å². The van der Waals surface area contributed by atoms with Crippen molar-refractivity contribution in [1.82, 2.24) is 15.2 Å². The number of para-hydroxylation sites is 2. The van der Waals surface area contributed by atoms with E-state index in [9.17, 15) is 9.90 Å². The third-order valence-electron chi connectivity index (χ3n) is 3.54. The summed E-state index contributed by atoms with van der Waals surface area (Å²) in [5.74, 6) is 0.302. The van der Waals surface area contributed by atoms with Crippen molar-refractivity contribution in [2.24, 2.45) is 0 Å².